The van der Waals surface area contributed by atoms with Crippen LogP contribution in [-0.4, -0.2) is 26.4 Å². The van der Waals surface area contributed by atoms with Crippen LogP contribution >= 0.6 is 8.58 Å². The smallest absolute Gasteiger partial charge is 1.00 e. The van der Waals surface area contributed by atoms with Crippen molar-refractivity contribution in [3.63, 3.8) is 0 Å². The predicted octanol–water partition coefficient (Wildman–Crippen LogP) is 1.31. The summed E-state index contributed by atoms with van der Waals surface area (Å²) < 4.78 is 16.4. The molecule has 26 heavy (non-hydrogen) atoms. The van der Waals surface area contributed by atoms with Crippen LogP contribution in [0.2, 0.25) is 0 Å². The first-order valence-electron chi connectivity index (χ1n) is 8.22. The van der Waals surface area contributed by atoms with Gasteiger partial charge in [-0.2, -0.15) is 0 Å². The first kappa shape index (κ1) is 22.6. The Kier molecular flexibility index (Phi) is 9.23. The normalized spacial score (nSPS) is 10.7. The molecule has 0 N–H and O–H groups in total. The van der Waals surface area contributed by atoms with Crippen LogP contribution in [0.1, 0.15) is 31.2 Å². The Morgan fingerprint density at radius 3 is 2.23 bits per heavy atom. The molecule has 0 aromatic heterocycles. The molecule has 0 amide bonds. The van der Waals surface area contributed by atoms with Crippen molar-refractivity contribution in [3.8, 4) is 17.2 Å². The summed E-state index contributed by atoms with van der Waals surface area (Å²) in [5.41, 5.74) is 1.53. The van der Waals surface area contributed by atoms with E-state index < -0.39 is 0 Å². The van der Waals surface area contributed by atoms with E-state index in [9.17, 15) is 4.79 Å². The second-order valence-electron chi connectivity index (χ2n) is 6.17. The van der Waals surface area contributed by atoms with Crippen LogP contribution in [0, 0.1) is 12.8 Å². The Morgan fingerprint density at radius 1 is 1.12 bits per heavy atom. The molecule has 6 heteroatoms. The summed E-state index contributed by atoms with van der Waals surface area (Å²) in [5.74, 6) is 2.38. The first-order chi connectivity index (χ1) is 12.0. The summed E-state index contributed by atoms with van der Waals surface area (Å²) >= 11 is 0. The number of hydrogen-bond acceptors (Lipinski definition) is 4. The summed E-state index contributed by atoms with van der Waals surface area (Å²) in [4.78, 5) is 12.8. The van der Waals surface area contributed by atoms with E-state index in [1.165, 1.54) is 0 Å². The van der Waals surface area contributed by atoms with Gasteiger partial charge in [-0.1, -0.05) is 26.0 Å². The van der Waals surface area contributed by atoms with Gasteiger partial charge in [0.25, 0.3) is 0 Å². The van der Waals surface area contributed by atoms with E-state index in [0.29, 0.717) is 29.6 Å². The zero-order valence-corrected chi connectivity index (χ0v) is 17.4. The molecule has 1 unspecified atom stereocenters. The fraction of sp³-hybridized carbons (Fsp3) is 0.350. The molecule has 2 aromatic carbocycles. The molecule has 0 radical (unpaired) electrons. The third kappa shape index (κ3) is 5.78. The molecule has 0 aliphatic rings. The number of hydrogen-bond donors (Lipinski definition) is 0. The minimum atomic E-state index is -0.00734. The molecule has 2 aromatic rings. The third-order valence-corrected chi connectivity index (χ3v) is 4.99. The summed E-state index contributed by atoms with van der Waals surface area (Å²) in [7, 11) is 3.11. The Labute approximate surface area is 171 Å². The van der Waals surface area contributed by atoms with Gasteiger partial charge in [-0.3, -0.25) is 4.79 Å². The second kappa shape index (κ2) is 10.6. The number of benzene rings is 2. The summed E-state index contributed by atoms with van der Waals surface area (Å²) in [5, 5.41) is 0.995. The SMILES string of the molecule is COc1cccc(OC)c1C(=O)Pc1ccc(OCC(C)C)cc1C.[H-].[Li+]. The van der Waals surface area contributed by atoms with Crippen molar-refractivity contribution in [3.05, 3.63) is 47.5 Å². The van der Waals surface area contributed by atoms with E-state index in [1.807, 2.05) is 31.2 Å². The molecule has 0 heterocycles. The van der Waals surface area contributed by atoms with Gasteiger partial charge < -0.3 is 15.6 Å². The number of rotatable bonds is 8. The molecule has 0 aliphatic heterocycles. The van der Waals surface area contributed by atoms with Crippen molar-refractivity contribution < 1.29 is 39.3 Å². The fourth-order valence-corrected chi connectivity index (χ4v) is 3.44. The maximum absolute atomic E-state index is 12.8. The van der Waals surface area contributed by atoms with Gasteiger partial charge >= 0.3 is 18.9 Å². The summed E-state index contributed by atoms with van der Waals surface area (Å²) in [6, 6.07) is 11.2. The van der Waals surface area contributed by atoms with Gasteiger partial charge in [0, 0.05) is 0 Å². The van der Waals surface area contributed by atoms with Crippen LogP contribution in [0.5, 0.6) is 17.2 Å². The van der Waals surface area contributed by atoms with Crippen LogP contribution in [0.25, 0.3) is 0 Å². The predicted molar refractivity (Wildman–Crippen MR) is 104 cm³/mol. The maximum atomic E-state index is 12.8. The molecular formula is C20H26LiO4P. The molecule has 136 valence electrons. The van der Waals surface area contributed by atoms with Crippen LogP contribution in [0.3, 0.4) is 0 Å². The minimum Gasteiger partial charge on any atom is -1.00 e. The maximum Gasteiger partial charge on any atom is 1.00 e. The molecule has 0 spiro atoms. The van der Waals surface area contributed by atoms with Crippen LogP contribution < -0.4 is 38.4 Å². The molecule has 0 fully saturated rings. The molecule has 4 nitrogen and oxygen atoms in total. The van der Waals surface area contributed by atoms with Crippen molar-refractivity contribution >= 4 is 19.4 Å². The second-order valence-corrected chi connectivity index (χ2v) is 7.42. The van der Waals surface area contributed by atoms with E-state index >= 15 is 0 Å². The molecule has 0 saturated carbocycles. The van der Waals surface area contributed by atoms with E-state index in [1.54, 1.807) is 26.4 Å². The van der Waals surface area contributed by atoms with Crippen molar-refractivity contribution in [1.82, 2.24) is 0 Å². The topological polar surface area (TPSA) is 44.8 Å². The molecule has 0 saturated heterocycles. The number of ether oxygens (including phenoxy) is 3. The monoisotopic (exact) mass is 368 g/mol. The zero-order valence-electron chi connectivity index (χ0n) is 17.4. The Bertz CT molecular complexity index is 731. The van der Waals surface area contributed by atoms with Crippen molar-refractivity contribution in [2.75, 3.05) is 20.8 Å². The molecule has 0 bridgehead atoms. The Morgan fingerprint density at radius 2 is 1.73 bits per heavy atom. The number of carbonyl (C=O) groups is 1. The Balaban J connectivity index is 0.00000338. The molecular weight excluding hydrogens is 342 g/mol. The fourth-order valence-electron chi connectivity index (χ4n) is 2.39. The first-order valence-corrected chi connectivity index (χ1v) is 9.22. The Hall–Kier alpha value is -1.46. The molecule has 0 aliphatic carbocycles. The third-order valence-electron chi connectivity index (χ3n) is 3.68. The van der Waals surface area contributed by atoms with Gasteiger partial charge in [0.15, 0.2) is 5.52 Å². The van der Waals surface area contributed by atoms with E-state index in [-0.39, 0.29) is 34.4 Å². The van der Waals surface area contributed by atoms with Gasteiger partial charge in [0.1, 0.15) is 22.8 Å². The largest absolute Gasteiger partial charge is 1.00 e. The van der Waals surface area contributed by atoms with Crippen molar-refractivity contribution in [2.45, 2.75) is 20.8 Å². The van der Waals surface area contributed by atoms with Crippen molar-refractivity contribution in [1.29, 1.82) is 0 Å². The minimum absolute atomic E-state index is 0. The van der Waals surface area contributed by atoms with E-state index in [2.05, 4.69) is 13.8 Å². The van der Waals surface area contributed by atoms with Gasteiger partial charge in [0.2, 0.25) is 0 Å². The van der Waals surface area contributed by atoms with Gasteiger partial charge in [-0.15, -0.1) is 0 Å². The quantitative estimate of drug-likeness (QED) is 0.521. The standard InChI is InChI=1S/C20H25O4P.Li.H/c1-13(2)12-24-15-9-10-18(14(3)11-15)25-20(21)19-16(22-4)7-6-8-17(19)23-5;;/h6-11,13,25H,12H2,1-5H3;;/q;+1;-1. The van der Waals surface area contributed by atoms with Gasteiger partial charge in [0.05, 0.1) is 20.8 Å². The van der Waals surface area contributed by atoms with Crippen molar-refractivity contribution in [2.24, 2.45) is 5.92 Å². The van der Waals surface area contributed by atoms with Crippen LogP contribution in [0.15, 0.2) is 36.4 Å². The van der Waals surface area contributed by atoms with Crippen LogP contribution in [0.4, 0.5) is 0 Å². The average Bonchev–Trinajstić information content (AvgIpc) is 2.60. The van der Waals surface area contributed by atoms with Crippen LogP contribution in [-0.2, 0) is 0 Å². The summed E-state index contributed by atoms with van der Waals surface area (Å²) in [6.45, 7) is 6.90. The van der Waals surface area contributed by atoms with Gasteiger partial charge in [-0.25, -0.2) is 0 Å². The summed E-state index contributed by atoms with van der Waals surface area (Å²) in [6.07, 6.45) is 0. The molecule has 2 rings (SSSR count). The van der Waals surface area contributed by atoms with Gasteiger partial charge in [-0.05, 0) is 56.6 Å². The number of carbonyl (C=O) groups excluding carboxylic acids is 1. The number of methoxy groups -OCH3 is 2. The average molecular weight is 368 g/mol. The number of aryl methyl sites for hydroxylation is 1. The molecule has 1 atom stereocenters. The van der Waals surface area contributed by atoms with E-state index in [4.69, 9.17) is 14.2 Å². The van der Waals surface area contributed by atoms with E-state index in [0.717, 1.165) is 16.6 Å². The zero-order chi connectivity index (χ0) is 18.4.